The maximum Gasteiger partial charge on any atom is 0.320 e. The lowest BCUT2D eigenvalue weighted by molar-refractivity contribution is -0.142. The fraction of sp³-hybridized carbons (Fsp3) is 0.421. The van der Waals surface area contributed by atoms with Crippen molar-refractivity contribution in [1.82, 2.24) is 4.90 Å². The molecule has 0 aliphatic carbocycles. The molecule has 3 rings (SSSR count). The molecule has 1 aromatic carbocycles. The van der Waals surface area contributed by atoms with E-state index in [2.05, 4.69) is 11.0 Å². The Bertz CT molecular complexity index is 716. The number of likely N-dealkylation sites (tertiary alicyclic amines) is 1. The molecule has 0 radical (unpaired) electrons. The molecular weight excluding hydrogens is 338 g/mol. The first kappa shape index (κ1) is 17.8. The van der Waals surface area contributed by atoms with E-state index in [4.69, 9.17) is 9.47 Å². The summed E-state index contributed by atoms with van der Waals surface area (Å²) in [4.78, 5) is 14.9. The molecule has 5 nitrogen and oxygen atoms in total. The highest BCUT2D eigenvalue weighted by molar-refractivity contribution is 7.10. The lowest BCUT2D eigenvalue weighted by Crippen LogP contribution is -2.39. The summed E-state index contributed by atoms with van der Waals surface area (Å²) in [6, 6.07) is 9.41. The minimum atomic E-state index is -0.753. The van der Waals surface area contributed by atoms with Gasteiger partial charge in [-0.2, -0.15) is 0 Å². The van der Waals surface area contributed by atoms with E-state index in [1.54, 1.807) is 18.4 Å². The number of carboxylic acids is 1. The monoisotopic (exact) mass is 361 g/mol. The normalized spacial score (nSPS) is 18.9. The zero-order valence-corrected chi connectivity index (χ0v) is 15.3. The molecule has 2 heterocycles. The Morgan fingerprint density at radius 3 is 2.88 bits per heavy atom. The van der Waals surface area contributed by atoms with Crippen molar-refractivity contribution in [2.45, 2.75) is 31.8 Å². The zero-order chi connectivity index (χ0) is 17.8. The van der Waals surface area contributed by atoms with Gasteiger partial charge < -0.3 is 14.6 Å². The van der Waals surface area contributed by atoms with Crippen molar-refractivity contribution in [2.24, 2.45) is 0 Å². The van der Waals surface area contributed by atoms with Crippen LogP contribution in [-0.2, 0) is 4.79 Å². The molecule has 0 bridgehead atoms. The second-order valence-electron chi connectivity index (χ2n) is 6.00. The van der Waals surface area contributed by atoms with Gasteiger partial charge in [0.1, 0.15) is 6.04 Å². The van der Waals surface area contributed by atoms with Crippen LogP contribution < -0.4 is 9.47 Å². The van der Waals surface area contributed by atoms with E-state index in [1.807, 2.05) is 36.6 Å². The lowest BCUT2D eigenvalue weighted by Gasteiger charge is -2.31. The first-order chi connectivity index (χ1) is 12.2. The molecule has 0 amide bonds. The third kappa shape index (κ3) is 3.65. The van der Waals surface area contributed by atoms with E-state index in [-0.39, 0.29) is 6.04 Å². The second-order valence-corrected chi connectivity index (χ2v) is 6.97. The SMILES string of the molecule is CCOc1ccc(C(c2cccs2)N2CCCC2C(=O)O)cc1OC. The second kappa shape index (κ2) is 7.89. The number of carbonyl (C=O) groups is 1. The Kier molecular flexibility index (Phi) is 5.60. The van der Waals surface area contributed by atoms with Crippen LogP contribution in [0.4, 0.5) is 0 Å². The van der Waals surface area contributed by atoms with Crippen LogP contribution in [0.3, 0.4) is 0 Å². The molecule has 134 valence electrons. The maximum atomic E-state index is 11.7. The fourth-order valence-corrected chi connectivity index (χ4v) is 4.33. The highest BCUT2D eigenvalue weighted by Crippen LogP contribution is 2.40. The van der Waals surface area contributed by atoms with Gasteiger partial charge in [0, 0.05) is 11.4 Å². The van der Waals surface area contributed by atoms with Gasteiger partial charge in [0.25, 0.3) is 0 Å². The van der Waals surface area contributed by atoms with Crippen molar-refractivity contribution in [3.05, 3.63) is 46.2 Å². The van der Waals surface area contributed by atoms with Crippen molar-refractivity contribution >= 4 is 17.3 Å². The van der Waals surface area contributed by atoms with Crippen LogP contribution in [-0.4, -0.2) is 42.3 Å². The zero-order valence-electron chi connectivity index (χ0n) is 14.5. The molecule has 0 saturated carbocycles. The Hall–Kier alpha value is -2.05. The number of rotatable bonds is 7. The van der Waals surface area contributed by atoms with Crippen molar-refractivity contribution in [2.75, 3.05) is 20.3 Å². The highest BCUT2D eigenvalue weighted by atomic mass is 32.1. The average molecular weight is 361 g/mol. The quantitative estimate of drug-likeness (QED) is 0.813. The number of benzene rings is 1. The first-order valence-electron chi connectivity index (χ1n) is 8.48. The van der Waals surface area contributed by atoms with E-state index in [9.17, 15) is 9.90 Å². The molecule has 1 aliphatic rings. The number of hydrogen-bond donors (Lipinski definition) is 1. The summed E-state index contributed by atoms with van der Waals surface area (Å²) in [5.41, 5.74) is 1.02. The lowest BCUT2D eigenvalue weighted by atomic mass is 10.0. The number of nitrogens with zero attached hydrogens (tertiary/aromatic N) is 1. The molecular formula is C19H23NO4S. The third-order valence-electron chi connectivity index (χ3n) is 4.53. The highest BCUT2D eigenvalue weighted by Gasteiger charge is 2.37. The molecule has 2 unspecified atom stereocenters. The van der Waals surface area contributed by atoms with Crippen molar-refractivity contribution in [3.8, 4) is 11.5 Å². The molecule has 1 N–H and O–H groups in total. The van der Waals surface area contributed by atoms with E-state index in [0.717, 1.165) is 23.4 Å². The minimum Gasteiger partial charge on any atom is -0.493 e. The van der Waals surface area contributed by atoms with Gasteiger partial charge >= 0.3 is 5.97 Å². The van der Waals surface area contributed by atoms with E-state index in [1.165, 1.54) is 0 Å². The first-order valence-corrected chi connectivity index (χ1v) is 9.36. The van der Waals surface area contributed by atoms with Gasteiger partial charge in [-0.05, 0) is 48.9 Å². The van der Waals surface area contributed by atoms with Gasteiger partial charge in [0.15, 0.2) is 11.5 Å². The maximum absolute atomic E-state index is 11.7. The average Bonchev–Trinajstić information content (AvgIpc) is 3.29. The van der Waals surface area contributed by atoms with Gasteiger partial charge in [0.2, 0.25) is 0 Å². The van der Waals surface area contributed by atoms with Crippen molar-refractivity contribution in [1.29, 1.82) is 0 Å². The summed E-state index contributed by atoms with van der Waals surface area (Å²) in [5.74, 6) is 0.624. The Morgan fingerprint density at radius 2 is 2.24 bits per heavy atom. The molecule has 2 aromatic rings. The van der Waals surface area contributed by atoms with Gasteiger partial charge in [-0.15, -0.1) is 11.3 Å². The summed E-state index contributed by atoms with van der Waals surface area (Å²) in [7, 11) is 1.62. The molecule has 25 heavy (non-hydrogen) atoms. The van der Waals surface area contributed by atoms with Crippen LogP contribution in [0.2, 0.25) is 0 Å². The van der Waals surface area contributed by atoms with E-state index in [0.29, 0.717) is 24.5 Å². The summed E-state index contributed by atoms with van der Waals surface area (Å²) < 4.78 is 11.1. The van der Waals surface area contributed by atoms with Crippen LogP contribution in [0.1, 0.15) is 36.2 Å². The van der Waals surface area contributed by atoms with Crippen LogP contribution in [0.25, 0.3) is 0 Å². The van der Waals surface area contributed by atoms with Gasteiger partial charge in [0.05, 0.1) is 19.8 Å². The largest absolute Gasteiger partial charge is 0.493 e. The molecule has 1 aromatic heterocycles. The van der Waals surface area contributed by atoms with Crippen LogP contribution in [0.15, 0.2) is 35.7 Å². The number of carboxylic acid groups (broad SMARTS) is 1. The number of thiophene rings is 1. The van der Waals surface area contributed by atoms with Gasteiger partial charge in [-0.1, -0.05) is 12.1 Å². The Balaban J connectivity index is 2.02. The third-order valence-corrected chi connectivity index (χ3v) is 5.45. The van der Waals surface area contributed by atoms with E-state index >= 15 is 0 Å². The summed E-state index contributed by atoms with van der Waals surface area (Å²) in [5, 5.41) is 11.6. The Labute approximate surface area is 151 Å². The molecule has 2 atom stereocenters. The van der Waals surface area contributed by atoms with Crippen LogP contribution in [0, 0.1) is 0 Å². The number of methoxy groups -OCH3 is 1. The summed E-state index contributed by atoms with van der Waals surface area (Å²) in [6.07, 6.45) is 1.58. The van der Waals surface area contributed by atoms with Crippen LogP contribution in [0.5, 0.6) is 11.5 Å². The number of hydrogen-bond acceptors (Lipinski definition) is 5. The molecule has 6 heteroatoms. The Morgan fingerprint density at radius 1 is 1.40 bits per heavy atom. The standard InChI is InChI=1S/C19H23NO4S/c1-3-24-15-9-8-13(12-16(15)23-2)18(17-7-5-11-25-17)20-10-4-6-14(20)19(21)22/h5,7-9,11-12,14,18H,3-4,6,10H2,1-2H3,(H,21,22). The van der Waals surface area contributed by atoms with Crippen molar-refractivity contribution in [3.63, 3.8) is 0 Å². The predicted molar refractivity (Wildman–Crippen MR) is 97.7 cm³/mol. The number of aliphatic carboxylic acids is 1. The predicted octanol–water partition coefficient (Wildman–Crippen LogP) is 3.79. The fourth-order valence-electron chi connectivity index (χ4n) is 3.46. The van der Waals surface area contributed by atoms with Gasteiger partial charge in [-0.25, -0.2) is 0 Å². The van der Waals surface area contributed by atoms with Gasteiger partial charge in [-0.3, -0.25) is 9.69 Å². The van der Waals surface area contributed by atoms with E-state index < -0.39 is 12.0 Å². The summed E-state index contributed by atoms with van der Waals surface area (Å²) in [6.45, 7) is 3.27. The smallest absolute Gasteiger partial charge is 0.320 e. The molecule has 1 saturated heterocycles. The molecule has 0 spiro atoms. The molecule has 1 aliphatic heterocycles. The topological polar surface area (TPSA) is 59.0 Å². The minimum absolute atomic E-state index is 0.0897. The van der Waals surface area contributed by atoms with Crippen molar-refractivity contribution < 1.29 is 19.4 Å². The van der Waals surface area contributed by atoms with Crippen LogP contribution >= 0.6 is 11.3 Å². The molecule has 1 fully saturated rings. The summed E-state index contributed by atoms with van der Waals surface area (Å²) >= 11 is 1.65. The number of ether oxygens (including phenoxy) is 2.